The van der Waals surface area contributed by atoms with E-state index in [1.165, 1.54) is 38.3 Å². The van der Waals surface area contributed by atoms with Crippen molar-refractivity contribution in [2.24, 2.45) is 0 Å². The average Bonchev–Trinajstić information content (AvgIpc) is 2.52. The standard InChI is InChI=1S/C17H21FN2O4/c1-4-6-14(17(23)24-3)20-16(22)15(19-11(2)21)10-12-7-5-8-13(18)9-12/h4-5,7-9,14-15H,1,6,10H2,2-3H3,(H,19,21)(H,20,22)/t14-,15-/m1/s1. The van der Waals surface area contributed by atoms with Crippen LogP contribution in [-0.2, 0) is 25.5 Å². The molecule has 0 saturated carbocycles. The zero-order valence-corrected chi connectivity index (χ0v) is 13.7. The number of hydrogen-bond donors (Lipinski definition) is 2. The van der Waals surface area contributed by atoms with Crippen molar-refractivity contribution in [3.05, 3.63) is 48.3 Å². The van der Waals surface area contributed by atoms with Crippen molar-refractivity contribution in [3.63, 3.8) is 0 Å². The molecule has 0 fully saturated rings. The average molecular weight is 336 g/mol. The predicted molar refractivity (Wildman–Crippen MR) is 86.5 cm³/mol. The Hall–Kier alpha value is -2.70. The number of carbonyl (C=O) groups is 3. The van der Waals surface area contributed by atoms with Crippen LogP contribution in [0.5, 0.6) is 0 Å². The van der Waals surface area contributed by atoms with Crippen molar-refractivity contribution >= 4 is 17.8 Å². The van der Waals surface area contributed by atoms with Crippen LogP contribution in [0.2, 0.25) is 0 Å². The van der Waals surface area contributed by atoms with E-state index in [0.29, 0.717) is 5.56 Å². The molecule has 1 rings (SSSR count). The van der Waals surface area contributed by atoms with Gasteiger partial charge in [0.2, 0.25) is 11.8 Å². The van der Waals surface area contributed by atoms with Crippen LogP contribution in [0.25, 0.3) is 0 Å². The van der Waals surface area contributed by atoms with Crippen molar-refractivity contribution in [1.29, 1.82) is 0 Å². The molecule has 0 aromatic heterocycles. The SMILES string of the molecule is C=CC[C@@H](NC(=O)[C@@H](Cc1cccc(F)c1)NC(C)=O)C(=O)OC. The Morgan fingerprint density at radius 2 is 2.00 bits per heavy atom. The molecule has 6 nitrogen and oxygen atoms in total. The van der Waals surface area contributed by atoms with Crippen LogP contribution >= 0.6 is 0 Å². The lowest BCUT2D eigenvalue weighted by Crippen LogP contribution is -2.52. The third-order valence-electron chi connectivity index (χ3n) is 3.23. The molecule has 0 aliphatic carbocycles. The quantitative estimate of drug-likeness (QED) is 0.550. The molecule has 2 N–H and O–H groups in total. The van der Waals surface area contributed by atoms with Gasteiger partial charge >= 0.3 is 5.97 Å². The van der Waals surface area contributed by atoms with Crippen LogP contribution in [0.4, 0.5) is 4.39 Å². The van der Waals surface area contributed by atoms with Gasteiger partial charge in [-0.3, -0.25) is 9.59 Å². The Morgan fingerprint density at radius 3 is 2.54 bits per heavy atom. The third kappa shape index (κ3) is 6.20. The third-order valence-corrected chi connectivity index (χ3v) is 3.23. The van der Waals surface area contributed by atoms with Crippen molar-refractivity contribution in [1.82, 2.24) is 10.6 Å². The normalized spacial score (nSPS) is 12.6. The number of ether oxygens (including phenoxy) is 1. The van der Waals surface area contributed by atoms with Gasteiger partial charge in [0.25, 0.3) is 0 Å². The van der Waals surface area contributed by atoms with Gasteiger partial charge in [0.1, 0.15) is 17.9 Å². The molecule has 0 unspecified atom stereocenters. The van der Waals surface area contributed by atoms with Crippen LogP contribution in [0.3, 0.4) is 0 Å². The minimum Gasteiger partial charge on any atom is -0.467 e. The first-order valence-electron chi connectivity index (χ1n) is 7.38. The molecule has 0 bridgehead atoms. The molecule has 0 heterocycles. The number of benzene rings is 1. The highest BCUT2D eigenvalue weighted by Gasteiger charge is 2.26. The molecule has 24 heavy (non-hydrogen) atoms. The van der Waals surface area contributed by atoms with Gasteiger partial charge in [0.15, 0.2) is 0 Å². The molecule has 0 aliphatic heterocycles. The summed E-state index contributed by atoms with van der Waals surface area (Å²) in [6.45, 7) is 4.80. The minimum atomic E-state index is -0.943. The van der Waals surface area contributed by atoms with E-state index in [0.717, 1.165) is 0 Å². The molecule has 0 radical (unpaired) electrons. The Kier molecular flexibility index (Phi) is 7.61. The second-order valence-electron chi connectivity index (χ2n) is 5.20. The zero-order chi connectivity index (χ0) is 18.1. The monoisotopic (exact) mass is 336 g/mol. The molecule has 1 aromatic carbocycles. The zero-order valence-electron chi connectivity index (χ0n) is 13.7. The first-order valence-corrected chi connectivity index (χ1v) is 7.38. The Bertz CT molecular complexity index is 618. The fourth-order valence-corrected chi connectivity index (χ4v) is 2.15. The van der Waals surface area contributed by atoms with Gasteiger partial charge in [0.05, 0.1) is 7.11 Å². The van der Waals surface area contributed by atoms with Crippen LogP contribution in [-0.4, -0.2) is 37.0 Å². The molecule has 1 aromatic rings. The summed E-state index contributed by atoms with van der Waals surface area (Å²) in [5, 5.41) is 5.02. The summed E-state index contributed by atoms with van der Waals surface area (Å²) < 4.78 is 17.9. The lowest BCUT2D eigenvalue weighted by Gasteiger charge is -2.21. The van der Waals surface area contributed by atoms with E-state index in [9.17, 15) is 18.8 Å². The molecule has 7 heteroatoms. The van der Waals surface area contributed by atoms with E-state index in [1.54, 1.807) is 6.07 Å². The summed E-state index contributed by atoms with van der Waals surface area (Å²) >= 11 is 0. The van der Waals surface area contributed by atoms with Crippen molar-refractivity contribution in [2.75, 3.05) is 7.11 Å². The second-order valence-corrected chi connectivity index (χ2v) is 5.20. The van der Waals surface area contributed by atoms with Crippen LogP contribution in [0, 0.1) is 5.82 Å². The number of rotatable bonds is 8. The van der Waals surface area contributed by atoms with Crippen LogP contribution in [0.1, 0.15) is 18.9 Å². The Labute approximate surface area is 140 Å². The second kappa shape index (κ2) is 9.44. The fraction of sp³-hybridized carbons (Fsp3) is 0.353. The van der Waals surface area contributed by atoms with Crippen molar-refractivity contribution < 1.29 is 23.5 Å². The molecule has 0 saturated heterocycles. The fourth-order valence-electron chi connectivity index (χ4n) is 2.15. The first-order chi connectivity index (χ1) is 11.4. The van der Waals surface area contributed by atoms with Gasteiger partial charge in [-0.1, -0.05) is 18.2 Å². The lowest BCUT2D eigenvalue weighted by molar-refractivity contribution is -0.145. The van der Waals surface area contributed by atoms with Gasteiger partial charge < -0.3 is 15.4 Å². The molecular formula is C17H21FN2O4. The largest absolute Gasteiger partial charge is 0.467 e. The van der Waals surface area contributed by atoms with E-state index in [-0.39, 0.29) is 12.8 Å². The van der Waals surface area contributed by atoms with E-state index in [2.05, 4.69) is 21.9 Å². The summed E-state index contributed by atoms with van der Waals surface area (Å²) in [6, 6.07) is 3.89. The number of amides is 2. The number of carbonyl (C=O) groups excluding carboxylic acids is 3. The first kappa shape index (κ1) is 19.3. The number of halogens is 1. The maximum atomic E-state index is 13.3. The van der Waals surface area contributed by atoms with E-state index in [1.807, 2.05) is 0 Å². The number of esters is 1. The summed E-state index contributed by atoms with van der Waals surface area (Å²) in [6.07, 6.45) is 1.75. The molecule has 0 aliphatic rings. The molecule has 130 valence electrons. The van der Waals surface area contributed by atoms with E-state index >= 15 is 0 Å². The highest BCUT2D eigenvalue weighted by Crippen LogP contribution is 2.08. The number of nitrogens with one attached hydrogen (secondary N) is 2. The predicted octanol–water partition coefficient (Wildman–Crippen LogP) is 1.11. The molecule has 2 atom stereocenters. The number of hydrogen-bond acceptors (Lipinski definition) is 4. The molecule has 0 spiro atoms. The van der Waals surface area contributed by atoms with Crippen LogP contribution in [0.15, 0.2) is 36.9 Å². The Morgan fingerprint density at radius 1 is 1.29 bits per heavy atom. The van der Waals surface area contributed by atoms with Gasteiger partial charge in [-0.05, 0) is 24.1 Å². The van der Waals surface area contributed by atoms with Gasteiger partial charge in [-0.25, -0.2) is 9.18 Å². The summed E-state index contributed by atoms with van der Waals surface area (Å²) in [7, 11) is 1.21. The Balaban J connectivity index is 2.89. The topological polar surface area (TPSA) is 84.5 Å². The smallest absolute Gasteiger partial charge is 0.328 e. The maximum absolute atomic E-state index is 13.3. The summed E-state index contributed by atoms with van der Waals surface area (Å²) in [5.74, 6) is -2.03. The highest BCUT2D eigenvalue weighted by molar-refractivity contribution is 5.90. The van der Waals surface area contributed by atoms with Crippen molar-refractivity contribution in [2.45, 2.75) is 31.8 Å². The number of methoxy groups -OCH3 is 1. The van der Waals surface area contributed by atoms with Gasteiger partial charge in [-0.15, -0.1) is 6.58 Å². The highest BCUT2D eigenvalue weighted by atomic mass is 19.1. The maximum Gasteiger partial charge on any atom is 0.328 e. The minimum absolute atomic E-state index is 0.0884. The van der Waals surface area contributed by atoms with E-state index in [4.69, 9.17) is 0 Å². The molecule has 2 amide bonds. The van der Waals surface area contributed by atoms with Gasteiger partial charge in [0, 0.05) is 13.3 Å². The summed E-state index contributed by atoms with van der Waals surface area (Å²) in [5.41, 5.74) is 0.544. The van der Waals surface area contributed by atoms with Crippen molar-refractivity contribution in [3.8, 4) is 0 Å². The lowest BCUT2D eigenvalue weighted by atomic mass is 10.0. The van der Waals surface area contributed by atoms with Crippen LogP contribution < -0.4 is 10.6 Å². The van der Waals surface area contributed by atoms with E-state index < -0.39 is 35.7 Å². The molecular weight excluding hydrogens is 315 g/mol. The summed E-state index contributed by atoms with van der Waals surface area (Å²) in [4.78, 5) is 35.4. The van der Waals surface area contributed by atoms with Gasteiger partial charge in [-0.2, -0.15) is 0 Å².